The van der Waals surface area contributed by atoms with Gasteiger partial charge in [-0.25, -0.2) is 0 Å². The zero-order valence-corrected chi connectivity index (χ0v) is 24.4. The van der Waals surface area contributed by atoms with Crippen LogP contribution < -0.4 is 0 Å². The predicted molar refractivity (Wildman–Crippen MR) is 159 cm³/mol. The number of rotatable bonds is 11. The van der Waals surface area contributed by atoms with Gasteiger partial charge in [-0.05, 0) is 37.7 Å². The second kappa shape index (κ2) is 12.1. The Balaban J connectivity index is 1.57. The number of fused-ring (bicyclic) bond motifs is 1. The molecule has 1 N–H and O–H groups in total. The second-order valence-corrected chi connectivity index (χ2v) is 13.5. The molecule has 0 aromatic heterocycles. The normalized spacial score (nSPS) is 30.1. The maximum Gasteiger partial charge on any atom is 0.247 e. The lowest BCUT2D eigenvalue weighted by Gasteiger charge is -2.42. The average molecular weight is 566 g/mol. The largest absolute Gasteiger partial charge is 0.394 e. The summed E-state index contributed by atoms with van der Waals surface area (Å²) in [6.45, 7) is 8.33. The summed E-state index contributed by atoms with van der Waals surface area (Å²) >= 11 is 1.69. The third kappa shape index (κ3) is 4.91. The van der Waals surface area contributed by atoms with E-state index in [0.717, 1.165) is 44.1 Å². The van der Waals surface area contributed by atoms with Crippen LogP contribution in [0.3, 0.4) is 0 Å². The van der Waals surface area contributed by atoms with Crippen molar-refractivity contribution in [2.45, 2.75) is 79.5 Å². The summed E-state index contributed by atoms with van der Waals surface area (Å²) in [5.41, 5.74) is 1.00. The molecule has 1 spiro atoms. The van der Waals surface area contributed by atoms with Crippen molar-refractivity contribution in [3.8, 4) is 0 Å². The Hall–Kier alpha value is -2.58. The number of benzene rings is 1. The molecule has 1 saturated carbocycles. The molecule has 4 aliphatic rings. The van der Waals surface area contributed by atoms with Gasteiger partial charge in [-0.15, -0.1) is 24.9 Å². The highest BCUT2D eigenvalue weighted by Crippen LogP contribution is 2.67. The Morgan fingerprint density at radius 2 is 1.80 bits per heavy atom. The maximum absolute atomic E-state index is 14.8. The monoisotopic (exact) mass is 565 g/mol. The van der Waals surface area contributed by atoms with Crippen molar-refractivity contribution in [3.05, 3.63) is 61.2 Å². The third-order valence-corrected chi connectivity index (χ3v) is 11.5. The number of hydrogen-bond donors (Lipinski definition) is 1. The number of aliphatic hydroxyl groups excluding tert-OH is 1. The minimum Gasteiger partial charge on any atom is -0.394 e. The van der Waals surface area contributed by atoms with E-state index in [0.29, 0.717) is 19.5 Å². The van der Waals surface area contributed by atoms with E-state index in [-0.39, 0.29) is 35.6 Å². The van der Waals surface area contributed by atoms with E-state index < -0.39 is 28.7 Å². The maximum atomic E-state index is 14.8. The van der Waals surface area contributed by atoms with E-state index >= 15 is 0 Å². The molecule has 2 unspecified atom stereocenters. The number of amides is 3. The molecule has 216 valence electrons. The van der Waals surface area contributed by atoms with E-state index in [2.05, 4.69) is 13.2 Å². The summed E-state index contributed by atoms with van der Waals surface area (Å²) < 4.78 is -0.674. The molecule has 4 fully saturated rings. The first-order valence-electron chi connectivity index (χ1n) is 14.8. The SMILES string of the molecule is C=CCN(C)C(=O)[C@@H]1[C@@H]2CCC3(S2)C(C(=O)N(CC=C)C2CCCCC2)N([C@@H](CO)Cc2ccccc2)C(=O)[C@H]13. The van der Waals surface area contributed by atoms with Crippen molar-refractivity contribution in [2.75, 3.05) is 26.7 Å². The molecule has 3 heterocycles. The quantitative estimate of drug-likeness (QED) is 0.414. The molecule has 7 nitrogen and oxygen atoms in total. The highest BCUT2D eigenvalue weighted by molar-refractivity contribution is 8.02. The smallest absolute Gasteiger partial charge is 0.247 e. The number of likely N-dealkylation sites (N-methyl/N-ethyl adjacent to an activating group) is 1. The minimum absolute atomic E-state index is 0.00963. The summed E-state index contributed by atoms with van der Waals surface area (Å²) in [5.74, 6) is -1.31. The van der Waals surface area contributed by atoms with Gasteiger partial charge in [0.1, 0.15) is 6.04 Å². The highest BCUT2D eigenvalue weighted by atomic mass is 32.2. The van der Waals surface area contributed by atoms with E-state index in [1.54, 1.807) is 40.8 Å². The number of carbonyl (C=O) groups excluding carboxylic acids is 3. The van der Waals surface area contributed by atoms with Crippen LogP contribution in [0.2, 0.25) is 0 Å². The van der Waals surface area contributed by atoms with Gasteiger partial charge in [-0.2, -0.15) is 0 Å². The Bertz CT molecular complexity index is 1120. The zero-order valence-electron chi connectivity index (χ0n) is 23.6. The van der Waals surface area contributed by atoms with Crippen LogP contribution in [-0.4, -0.2) is 92.4 Å². The van der Waals surface area contributed by atoms with Gasteiger partial charge in [0.15, 0.2) is 0 Å². The Kier molecular flexibility index (Phi) is 8.76. The average Bonchev–Trinajstić information content (AvgIpc) is 3.62. The van der Waals surface area contributed by atoms with E-state index in [1.807, 2.05) is 35.2 Å². The Labute approximate surface area is 242 Å². The molecule has 3 amide bonds. The van der Waals surface area contributed by atoms with Gasteiger partial charge in [0.05, 0.1) is 29.2 Å². The van der Waals surface area contributed by atoms with Crippen molar-refractivity contribution in [3.63, 3.8) is 0 Å². The van der Waals surface area contributed by atoms with Crippen LogP contribution in [0.15, 0.2) is 55.6 Å². The predicted octanol–water partition coefficient (Wildman–Crippen LogP) is 3.67. The van der Waals surface area contributed by atoms with Crippen LogP contribution >= 0.6 is 11.8 Å². The van der Waals surface area contributed by atoms with Crippen LogP contribution in [0.1, 0.15) is 50.5 Å². The van der Waals surface area contributed by atoms with Crippen molar-refractivity contribution in [1.29, 1.82) is 0 Å². The summed E-state index contributed by atoms with van der Waals surface area (Å²) in [6, 6.07) is 8.66. The standard InChI is InChI=1S/C32H43N3O4S/c1-4-18-33(3)29(37)26-25-16-17-32(40-25)27(26)30(38)35(24(21-36)20-22-12-8-6-9-13-22)28(32)31(39)34(19-5-2)23-14-10-7-11-15-23/h4-6,8-9,12-13,23-28,36H,1-2,7,10-11,14-21H2,3H3/t24-,25+,26-,27+,28?,32?/m1/s1. The van der Waals surface area contributed by atoms with E-state index in [1.165, 1.54) is 6.42 Å². The first kappa shape index (κ1) is 28.9. The van der Waals surface area contributed by atoms with Crippen molar-refractivity contribution < 1.29 is 19.5 Å². The number of likely N-dealkylation sites (tertiary alicyclic amines) is 1. The molecule has 1 aromatic rings. The fraction of sp³-hybridized carbons (Fsp3) is 0.594. The summed E-state index contributed by atoms with van der Waals surface area (Å²) in [4.78, 5) is 48.4. The molecule has 2 bridgehead atoms. The van der Waals surface area contributed by atoms with Gasteiger partial charge in [-0.3, -0.25) is 14.4 Å². The van der Waals surface area contributed by atoms with Gasteiger partial charge in [-0.1, -0.05) is 61.7 Å². The van der Waals surface area contributed by atoms with Crippen molar-refractivity contribution >= 4 is 29.5 Å². The van der Waals surface area contributed by atoms with Gasteiger partial charge in [0.25, 0.3) is 0 Å². The first-order chi connectivity index (χ1) is 19.4. The molecule has 3 aliphatic heterocycles. The Morgan fingerprint density at radius 3 is 2.45 bits per heavy atom. The fourth-order valence-corrected chi connectivity index (χ4v) is 10.0. The first-order valence-corrected chi connectivity index (χ1v) is 15.7. The van der Waals surface area contributed by atoms with Gasteiger partial charge < -0.3 is 19.8 Å². The number of nitrogens with zero attached hydrogens (tertiary/aromatic N) is 3. The van der Waals surface area contributed by atoms with Crippen molar-refractivity contribution in [2.24, 2.45) is 11.8 Å². The van der Waals surface area contributed by atoms with E-state index in [9.17, 15) is 19.5 Å². The Morgan fingerprint density at radius 1 is 1.10 bits per heavy atom. The number of carbonyl (C=O) groups is 3. The number of aliphatic hydroxyl groups is 1. The molecule has 40 heavy (non-hydrogen) atoms. The second-order valence-electron chi connectivity index (χ2n) is 11.9. The highest BCUT2D eigenvalue weighted by Gasteiger charge is 2.74. The molecule has 5 rings (SSSR count). The zero-order chi connectivity index (χ0) is 28.4. The van der Waals surface area contributed by atoms with Gasteiger partial charge in [0.2, 0.25) is 17.7 Å². The lowest BCUT2D eigenvalue weighted by atomic mass is 9.70. The molecule has 6 atom stereocenters. The van der Waals surface area contributed by atoms with Crippen LogP contribution in [-0.2, 0) is 20.8 Å². The molecular formula is C32H43N3O4S. The van der Waals surface area contributed by atoms with E-state index in [4.69, 9.17) is 0 Å². The molecule has 3 saturated heterocycles. The summed E-state index contributed by atoms with van der Waals surface area (Å²) in [7, 11) is 1.76. The molecule has 8 heteroatoms. The summed E-state index contributed by atoms with van der Waals surface area (Å²) in [6.07, 6.45) is 10.7. The third-order valence-electron chi connectivity index (χ3n) is 9.58. The van der Waals surface area contributed by atoms with Crippen LogP contribution in [0.5, 0.6) is 0 Å². The molecule has 1 aromatic carbocycles. The van der Waals surface area contributed by atoms with Crippen LogP contribution in [0, 0.1) is 11.8 Å². The lowest BCUT2D eigenvalue weighted by Crippen LogP contribution is -2.59. The van der Waals surface area contributed by atoms with Crippen LogP contribution in [0.4, 0.5) is 0 Å². The topological polar surface area (TPSA) is 81.2 Å². The van der Waals surface area contributed by atoms with Crippen molar-refractivity contribution in [1.82, 2.24) is 14.7 Å². The van der Waals surface area contributed by atoms with Gasteiger partial charge in [0, 0.05) is 31.4 Å². The number of hydrogen-bond acceptors (Lipinski definition) is 5. The van der Waals surface area contributed by atoms with Crippen LogP contribution in [0.25, 0.3) is 0 Å². The molecule has 1 aliphatic carbocycles. The van der Waals surface area contributed by atoms with Gasteiger partial charge >= 0.3 is 0 Å². The summed E-state index contributed by atoms with van der Waals surface area (Å²) in [5, 5.41) is 10.7. The number of thioether (sulfide) groups is 1. The minimum atomic E-state index is -0.717. The molecule has 0 radical (unpaired) electrons. The molecular weight excluding hydrogens is 522 g/mol. The fourth-order valence-electron chi connectivity index (χ4n) is 7.83. The lowest BCUT2D eigenvalue weighted by molar-refractivity contribution is -0.147.